The summed E-state index contributed by atoms with van der Waals surface area (Å²) in [6, 6.07) is 9.72. The van der Waals surface area contributed by atoms with Gasteiger partial charge in [-0.25, -0.2) is 14.2 Å². The monoisotopic (exact) mass is 525 g/mol. The molecule has 0 amide bonds. The SMILES string of the molecule is C=C/C=C(\C(F)=C/C)c1nc2c(C)c(-c3c(C4CCCCC4)c4ccc(C(=O)O)cc4n3CCC)ccc2[nH]1. The first-order chi connectivity index (χ1) is 18.9. The highest BCUT2D eigenvalue weighted by molar-refractivity contribution is 6.00. The van der Waals surface area contributed by atoms with Gasteiger partial charge in [0.1, 0.15) is 11.7 Å². The van der Waals surface area contributed by atoms with E-state index >= 15 is 0 Å². The molecule has 0 unspecified atom stereocenters. The van der Waals surface area contributed by atoms with Crippen LogP contribution in [0.4, 0.5) is 4.39 Å². The molecular formula is C33H36FN3O2. The third-order valence-corrected chi connectivity index (χ3v) is 8.02. The summed E-state index contributed by atoms with van der Waals surface area (Å²) in [6.07, 6.45) is 11.5. The van der Waals surface area contributed by atoms with Crippen LogP contribution in [0.3, 0.4) is 0 Å². The topological polar surface area (TPSA) is 70.9 Å². The molecule has 0 aliphatic heterocycles. The number of allylic oxidation sites excluding steroid dienone is 5. The van der Waals surface area contributed by atoms with E-state index in [4.69, 9.17) is 4.98 Å². The maximum Gasteiger partial charge on any atom is 0.335 e. The molecule has 2 N–H and O–H groups in total. The highest BCUT2D eigenvalue weighted by Crippen LogP contribution is 2.46. The predicted octanol–water partition coefficient (Wildman–Crippen LogP) is 9.09. The van der Waals surface area contributed by atoms with E-state index in [0.29, 0.717) is 22.9 Å². The second kappa shape index (κ2) is 11.0. The van der Waals surface area contributed by atoms with E-state index in [1.54, 1.807) is 25.1 Å². The Morgan fingerprint density at radius 3 is 2.67 bits per heavy atom. The van der Waals surface area contributed by atoms with Crippen LogP contribution >= 0.6 is 0 Å². The maximum atomic E-state index is 14.7. The lowest BCUT2D eigenvalue weighted by Crippen LogP contribution is -2.08. The molecule has 5 nitrogen and oxygen atoms in total. The van der Waals surface area contributed by atoms with E-state index in [1.807, 2.05) is 18.2 Å². The van der Waals surface area contributed by atoms with Crippen LogP contribution in [-0.2, 0) is 6.54 Å². The summed E-state index contributed by atoms with van der Waals surface area (Å²) >= 11 is 0. The number of aromatic carboxylic acids is 1. The first-order valence-electron chi connectivity index (χ1n) is 13.9. The summed E-state index contributed by atoms with van der Waals surface area (Å²) in [7, 11) is 0. The molecule has 1 saturated carbocycles. The fourth-order valence-corrected chi connectivity index (χ4v) is 6.20. The van der Waals surface area contributed by atoms with E-state index in [2.05, 4.69) is 36.0 Å². The second-order valence-corrected chi connectivity index (χ2v) is 10.5. The van der Waals surface area contributed by atoms with Crippen LogP contribution in [0.15, 0.2) is 61.0 Å². The number of benzene rings is 2. The van der Waals surface area contributed by atoms with E-state index in [1.165, 1.54) is 30.9 Å². The van der Waals surface area contributed by atoms with Gasteiger partial charge in [-0.05, 0) is 74.4 Å². The predicted molar refractivity (Wildman–Crippen MR) is 158 cm³/mol. The zero-order valence-electron chi connectivity index (χ0n) is 23.0. The number of nitrogens with zero attached hydrogens (tertiary/aromatic N) is 2. The summed E-state index contributed by atoms with van der Waals surface area (Å²) in [4.78, 5) is 20.0. The largest absolute Gasteiger partial charge is 0.478 e. The normalized spacial score (nSPS) is 15.4. The van der Waals surface area contributed by atoms with Gasteiger partial charge in [-0.1, -0.05) is 57.0 Å². The van der Waals surface area contributed by atoms with Crippen molar-refractivity contribution in [1.29, 1.82) is 0 Å². The van der Waals surface area contributed by atoms with E-state index < -0.39 is 5.97 Å². The molecule has 2 aromatic heterocycles. The number of aromatic amines is 1. The molecule has 0 saturated heterocycles. The molecule has 39 heavy (non-hydrogen) atoms. The zero-order chi connectivity index (χ0) is 27.7. The Kier molecular flexibility index (Phi) is 7.56. The van der Waals surface area contributed by atoms with Crippen LogP contribution in [-0.4, -0.2) is 25.6 Å². The molecule has 0 spiro atoms. The van der Waals surface area contributed by atoms with Crippen molar-refractivity contribution in [3.63, 3.8) is 0 Å². The quantitative estimate of drug-likeness (QED) is 0.225. The van der Waals surface area contributed by atoms with Crippen LogP contribution in [0.25, 0.3) is 38.8 Å². The maximum absolute atomic E-state index is 14.7. The second-order valence-electron chi connectivity index (χ2n) is 10.5. The molecule has 0 radical (unpaired) electrons. The molecule has 4 aromatic rings. The van der Waals surface area contributed by atoms with Crippen molar-refractivity contribution in [1.82, 2.24) is 14.5 Å². The first-order valence-corrected chi connectivity index (χ1v) is 13.9. The lowest BCUT2D eigenvalue weighted by atomic mass is 9.81. The number of hydrogen-bond acceptors (Lipinski definition) is 2. The number of nitrogens with one attached hydrogen (secondary N) is 1. The molecule has 0 atom stereocenters. The number of carbonyl (C=O) groups is 1. The lowest BCUT2D eigenvalue weighted by Gasteiger charge is -2.24. The summed E-state index contributed by atoms with van der Waals surface area (Å²) in [5, 5.41) is 10.9. The van der Waals surface area contributed by atoms with Crippen LogP contribution < -0.4 is 0 Å². The van der Waals surface area contributed by atoms with Gasteiger partial charge < -0.3 is 14.7 Å². The minimum absolute atomic E-state index is 0.302. The molecular weight excluding hydrogens is 489 g/mol. The van der Waals surface area contributed by atoms with Gasteiger partial charge in [0.15, 0.2) is 0 Å². The molecule has 1 aliphatic rings. The third-order valence-electron chi connectivity index (χ3n) is 8.02. The van der Waals surface area contributed by atoms with Gasteiger partial charge in [0.2, 0.25) is 0 Å². The minimum Gasteiger partial charge on any atom is -0.478 e. The number of imidazole rings is 1. The van der Waals surface area contributed by atoms with Crippen molar-refractivity contribution in [3.05, 3.63) is 83.5 Å². The standard InChI is InChI=1S/C33H36FN3O2/c1-5-11-24(26(34)7-3)32-35-27-17-16-23(20(4)30(27)36-32)31-29(21-12-9-8-10-13-21)25-15-14-22(33(38)39)19-28(25)37(31)18-6-2/h5,7,11,14-17,19,21H,1,6,8-10,12-13,18H2,2-4H3,(H,35,36)(H,38,39)/b24-11+,26-7+. The summed E-state index contributed by atoms with van der Waals surface area (Å²) in [5.74, 6) is -0.390. The smallest absolute Gasteiger partial charge is 0.335 e. The summed E-state index contributed by atoms with van der Waals surface area (Å²) in [5.41, 5.74) is 7.87. The number of carboxylic acids is 1. The Hall–Kier alpha value is -3.93. The van der Waals surface area contributed by atoms with Crippen molar-refractivity contribution in [2.24, 2.45) is 0 Å². The first kappa shape index (κ1) is 26.7. The van der Waals surface area contributed by atoms with Crippen molar-refractivity contribution >= 4 is 33.5 Å². The lowest BCUT2D eigenvalue weighted by molar-refractivity contribution is 0.0697. The fourth-order valence-electron chi connectivity index (χ4n) is 6.20. The van der Waals surface area contributed by atoms with Gasteiger partial charge >= 0.3 is 5.97 Å². The van der Waals surface area contributed by atoms with E-state index in [-0.39, 0.29) is 5.83 Å². The van der Waals surface area contributed by atoms with Gasteiger partial charge in [-0.2, -0.15) is 0 Å². The Morgan fingerprint density at radius 2 is 2.00 bits per heavy atom. The number of fused-ring (bicyclic) bond motifs is 2. The number of carboxylic acid groups (broad SMARTS) is 1. The third kappa shape index (κ3) is 4.73. The number of aromatic nitrogens is 3. The number of halogens is 1. The average molecular weight is 526 g/mol. The zero-order valence-corrected chi connectivity index (χ0v) is 23.0. The molecule has 0 bridgehead atoms. The number of rotatable bonds is 8. The minimum atomic E-state index is -0.916. The number of hydrogen-bond donors (Lipinski definition) is 2. The molecule has 1 fully saturated rings. The molecule has 6 heteroatoms. The molecule has 1 aliphatic carbocycles. The number of H-pyrrole nitrogens is 1. The Bertz CT molecular complexity index is 1630. The molecule has 2 heterocycles. The van der Waals surface area contributed by atoms with Crippen LogP contribution in [0.2, 0.25) is 0 Å². The van der Waals surface area contributed by atoms with Gasteiger partial charge in [-0.3, -0.25) is 0 Å². The average Bonchev–Trinajstić information content (AvgIpc) is 3.52. The highest BCUT2D eigenvalue weighted by atomic mass is 19.1. The van der Waals surface area contributed by atoms with Crippen molar-refractivity contribution in [2.75, 3.05) is 0 Å². The van der Waals surface area contributed by atoms with Gasteiger partial charge in [0, 0.05) is 23.0 Å². The van der Waals surface area contributed by atoms with Crippen molar-refractivity contribution in [3.8, 4) is 11.3 Å². The Morgan fingerprint density at radius 1 is 1.23 bits per heavy atom. The van der Waals surface area contributed by atoms with Crippen LogP contribution in [0.5, 0.6) is 0 Å². The van der Waals surface area contributed by atoms with E-state index in [0.717, 1.165) is 64.6 Å². The van der Waals surface area contributed by atoms with Crippen molar-refractivity contribution in [2.45, 2.75) is 71.8 Å². The summed E-state index contributed by atoms with van der Waals surface area (Å²) in [6.45, 7) is 10.4. The highest BCUT2D eigenvalue weighted by Gasteiger charge is 2.28. The van der Waals surface area contributed by atoms with Gasteiger partial charge in [-0.15, -0.1) is 0 Å². The molecule has 202 valence electrons. The van der Waals surface area contributed by atoms with Gasteiger partial charge in [0.25, 0.3) is 0 Å². The van der Waals surface area contributed by atoms with Crippen LogP contribution in [0.1, 0.15) is 85.6 Å². The fraction of sp³-hybridized carbons (Fsp3) is 0.333. The van der Waals surface area contributed by atoms with Crippen LogP contribution in [0, 0.1) is 6.92 Å². The van der Waals surface area contributed by atoms with Gasteiger partial charge in [0.05, 0.1) is 27.9 Å². The Labute approximate surface area is 228 Å². The molecule has 5 rings (SSSR count). The summed E-state index contributed by atoms with van der Waals surface area (Å²) < 4.78 is 17.0. The molecule has 2 aromatic carbocycles. The Balaban J connectivity index is 1.80. The van der Waals surface area contributed by atoms with Crippen molar-refractivity contribution < 1.29 is 14.3 Å². The van der Waals surface area contributed by atoms with E-state index in [9.17, 15) is 14.3 Å². The number of aryl methyl sites for hydroxylation is 2.